The van der Waals surface area contributed by atoms with Crippen LogP contribution in [0.15, 0.2) is 4.99 Å². The Bertz CT molecular complexity index is 108. The second-order valence-corrected chi connectivity index (χ2v) is 1.25. The van der Waals surface area contributed by atoms with E-state index < -0.39 is 12.2 Å². The average molecular weight is 117 g/mol. The van der Waals surface area contributed by atoms with Crippen LogP contribution in [0, 0.1) is 0 Å². The van der Waals surface area contributed by atoms with Crippen molar-refractivity contribution in [3.63, 3.8) is 0 Å². The fourth-order valence-corrected chi connectivity index (χ4v) is 0.172. The van der Waals surface area contributed by atoms with Gasteiger partial charge < -0.3 is 10.2 Å². The molecule has 0 amide bonds. The maximum Gasteiger partial charge on any atom is 0.346 e. The molecule has 1 unspecified atom stereocenters. The van der Waals surface area contributed by atoms with Crippen molar-refractivity contribution >= 4 is 12.2 Å². The molecule has 0 aliphatic carbocycles. The summed E-state index contributed by atoms with van der Waals surface area (Å²) in [5.74, 6) is -1.15. The summed E-state index contributed by atoms with van der Waals surface area (Å²) in [5, 5.41) is 16.2. The zero-order valence-corrected chi connectivity index (χ0v) is 4.40. The smallest absolute Gasteiger partial charge is 0.346 e. The lowest BCUT2D eigenvalue weighted by Crippen LogP contribution is -2.00. The van der Waals surface area contributed by atoms with Gasteiger partial charge in [-0.2, -0.15) is 0 Å². The van der Waals surface area contributed by atoms with E-state index in [9.17, 15) is 4.79 Å². The van der Waals surface area contributed by atoms with Crippen LogP contribution in [0.2, 0.25) is 0 Å². The van der Waals surface area contributed by atoms with Gasteiger partial charge in [0.2, 0.25) is 0 Å². The van der Waals surface area contributed by atoms with Gasteiger partial charge in [-0.1, -0.05) is 0 Å². The molecule has 1 atom stereocenters. The van der Waals surface area contributed by atoms with Crippen molar-refractivity contribution in [1.29, 1.82) is 0 Å². The molecule has 0 saturated carbocycles. The summed E-state index contributed by atoms with van der Waals surface area (Å²) in [5.41, 5.74) is 0. The number of aliphatic hydroxyl groups is 1. The van der Waals surface area contributed by atoms with E-state index in [1.807, 2.05) is 0 Å². The summed E-state index contributed by atoms with van der Waals surface area (Å²) in [6.07, 6.45) is -0.268. The van der Waals surface area contributed by atoms with Crippen LogP contribution in [0.1, 0.15) is 6.92 Å². The number of carbonyl (C=O) groups is 1. The fourth-order valence-electron chi connectivity index (χ4n) is 0.172. The molecule has 0 bridgehead atoms. The molecule has 2 N–H and O–H groups in total. The van der Waals surface area contributed by atoms with E-state index >= 15 is 0 Å². The van der Waals surface area contributed by atoms with E-state index in [0.717, 1.165) is 0 Å². The second kappa shape index (κ2) is 3.15. The van der Waals surface area contributed by atoms with Gasteiger partial charge in [-0.3, -0.25) is 4.99 Å². The maximum absolute atomic E-state index is 9.64. The molecule has 0 fully saturated rings. The third-order valence-electron chi connectivity index (χ3n) is 0.401. The average Bonchev–Trinajstić information content (AvgIpc) is 1.61. The first-order valence-corrected chi connectivity index (χ1v) is 2.07. The van der Waals surface area contributed by atoms with Crippen LogP contribution in [0.5, 0.6) is 0 Å². The Morgan fingerprint density at radius 3 is 2.50 bits per heavy atom. The third kappa shape index (κ3) is 5.10. The monoisotopic (exact) mass is 117 g/mol. The lowest BCUT2D eigenvalue weighted by molar-refractivity contribution is -0.128. The van der Waals surface area contributed by atoms with Crippen molar-refractivity contribution in [2.24, 2.45) is 4.99 Å². The van der Waals surface area contributed by atoms with Gasteiger partial charge in [0, 0.05) is 0 Å². The number of hydrogen-bond acceptors (Lipinski definition) is 3. The molecule has 46 valence electrons. The predicted molar refractivity (Wildman–Crippen MR) is 27.8 cm³/mol. The molecule has 4 heteroatoms. The zero-order chi connectivity index (χ0) is 6.57. The highest BCUT2D eigenvalue weighted by Crippen LogP contribution is 1.76. The number of nitrogens with zero attached hydrogens (tertiary/aromatic N) is 1. The van der Waals surface area contributed by atoms with Crippen LogP contribution in [0.4, 0.5) is 0 Å². The molecule has 0 aromatic carbocycles. The Balaban J connectivity index is 3.50. The van der Waals surface area contributed by atoms with Gasteiger partial charge >= 0.3 is 5.97 Å². The number of carboxylic acid groups (broad SMARTS) is 1. The number of aliphatic imine (C=N–C) groups is 1. The Labute approximate surface area is 46.5 Å². The third-order valence-corrected chi connectivity index (χ3v) is 0.401. The van der Waals surface area contributed by atoms with E-state index in [-0.39, 0.29) is 0 Å². The predicted octanol–water partition coefficient (Wildman–Crippen LogP) is -0.520. The van der Waals surface area contributed by atoms with Crippen molar-refractivity contribution in [3.05, 3.63) is 0 Å². The lowest BCUT2D eigenvalue weighted by atomic mass is 10.6. The largest absolute Gasteiger partial charge is 0.477 e. The highest BCUT2D eigenvalue weighted by Gasteiger charge is 1.88. The van der Waals surface area contributed by atoms with Crippen molar-refractivity contribution in [2.75, 3.05) is 0 Å². The lowest BCUT2D eigenvalue weighted by Gasteiger charge is -1.88. The first-order valence-electron chi connectivity index (χ1n) is 2.07. The van der Waals surface area contributed by atoms with Crippen LogP contribution in [-0.4, -0.2) is 28.6 Å². The minimum Gasteiger partial charge on any atom is -0.477 e. The molecule has 0 rings (SSSR count). The van der Waals surface area contributed by atoms with Crippen LogP contribution < -0.4 is 0 Å². The summed E-state index contributed by atoms with van der Waals surface area (Å²) in [7, 11) is 0. The number of rotatable bonds is 2. The van der Waals surface area contributed by atoms with Crippen molar-refractivity contribution in [1.82, 2.24) is 0 Å². The van der Waals surface area contributed by atoms with Gasteiger partial charge in [-0.05, 0) is 6.92 Å². The summed E-state index contributed by atoms with van der Waals surface area (Å²) in [4.78, 5) is 12.8. The number of aliphatic hydroxyl groups excluding tert-OH is 1. The number of carboxylic acids is 1. The van der Waals surface area contributed by atoms with Gasteiger partial charge in [0.25, 0.3) is 0 Å². The summed E-state index contributed by atoms with van der Waals surface area (Å²) in [6, 6.07) is 0. The molecule has 0 saturated heterocycles. The fraction of sp³-hybridized carbons (Fsp3) is 0.500. The van der Waals surface area contributed by atoms with Crippen molar-refractivity contribution in [2.45, 2.75) is 13.2 Å². The molecule has 0 aliphatic rings. The molecule has 0 aromatic rings. The van der Waals surface area contributed by atoms with E-state index in [4.69, 9.17) is 10.2 Å². The normalized spacial score (nSPS) is 14.2. The highest BCUT2D eigenvalue weighted by atomic mass is 16.4. The highest BCUT2D eigenvalue weighted by molar-refractivity contribution is 6.21. The topological polar surface area (TPSA) is 69.9 Å². The maximum atomic E-state index is 9.64. The SMILES string of the molecule is CC(O)N=CC(=O)O. The van der Waals surface area contributed by atoms with E-state index in [1.54, 1.807) is 0 Å². The van der Waals surface area contributed by atoms with E-state index in [1.165, 1.54) is 6.92 Å². The van der Waals surface area contributed by atoms with Crippen LogP contribution >= 0.6 is 0 Å². The Morgan fingerprint density at radius 1 is 1.88 bits per heavy atom. The Morgan fingerprint density at radius 2 is 2.38 bits per heavy atom. The molecule has 0 spiro atoms. The molecule has 0 aromatic heterocycles. The van der Waals surface area contributed by atoms with Crippen LogP contribution in [0.3, 0.4) is 0 Å². The van der Waals surface area contributed by atoms with Gasteiger partial charge in [0.15, 0.2) is 0 Å². The van der Waals surface area contributed by atoms with Crippen molar-refractivity contribution in [3.8, 4) is 0 Å². The minimum absolute atomic E-state index is 0.657. The van der Waals surface area contributed by atoms with Gasteiger partial charge in [-0.15, -0.1) is 0 Å². The zero-order valence-electron chi connectivity index (χ0n) is 4.40. The van der Waals surface area contributed by atoms with Gasteiger partial charge in [0.1, 0.15) is 12.4 Å². The molecule has 4 nitrogen and oxygen atoms in total. The summed E-state index contributed by atoms with van der Waals surface area (Å²) in [6.45, 7) is 1.37. The molecule has 0 aliphatic heterocycles. The molecular weight excluding hydrogens is 110 g/mol. The van der Waals surface area contributed by atoms with Crippen LogP contribution in [0.25, 0.3) is 0 Å². The number of hydrogen-bond donors (Lipinski definition) is 2. The van der Waals surface area contributed by atoms with Crippen LogP contribution in [-0.2, 0) is 4.79 Å². The van der Waals surface area contributed by atoms with Crippen molar-refractivity contribution < 1.29 is 15.0 Å². The minimum atomic E-state index is -1.15. The summed E-state index contributed by atoms with van der Waals surface area (Å²) < 4.78 is 0. The standard InChI is InChI=1S/C4H7NO3/c1-3(6)5-2-4(7)8/h2-3,6H,1H3,(H,7,8). The first kappa shape index (κ1) is 7.10. The van der Waals surface area contributed by atoms with E-state index in [0.29, 0.717) is 6.21 Å². The molecule has 0 radical (unpaired) electrons. The second-order valence-electron chi connectivity index (χ2n) is 1.25. The molecule has 8 heavy (non-hydrogen) atoms. The molecule has 0 heterocycles. The van der Waals surface area contributed by atoms with E-state index in [2.05, 4.69) is 4.99 Å². The molecular formula is C4H7NO3. The summed E-state index contributed by atoms with van der Waals surface area (Å²) >= 11 is 0. The van der Waals surface area contributed by atoms with Gasteiger partial charge in [-0.25, -0.2) is 4.79 Å². The van der Waals surface area contributed by atoms with Gasteiger partial charge in [0.05, 0.1) is 0 Å². The Kier molecular flexibility index (Phi) is 2.79. The quantitative estimate of drug-likeness (QED) is 0.478. The Hall–Kier alpha value is -0.900. The number of aliphatic carboxylic acids is 1. The first-order chi connectivity index (χ1) is 3.63.